The zero-order valence-corrected chi connectivity index (χ0v) is 10.8. The first kappa shape index (κ1) is 12.7. The van der Waals surface area contributed by atoms with Crippen LogP contribution in [0.3, 0.4) is 0 Å². The molecule has 0 saturated heterocycles. The molecular formula is C10H7Cl2O4S-. The van der Waals surface area contributed by atoms with Crippen molar-refractivity contribution in [2.24, 2.45) is 0 Å². The van der Waals surface area contributed by atoms with E-state index in [-0.39, 0.29) is 27.8 Å². The van der Waals surface area contributed by atoms with Gasteiger partial charge in [0.1, 0.15) is 4.75 Å². The van der Waals surface area contributed by atoms with Crippen molar-refractivity contribution in [1.29, 1.82) is 0 Å². The van der Waals surface area contributed by atoms with E-state index in [1.807, 2.05) is 0 Å². The number of carbonyl (C=O) groups excluding carboxylic acids is 1. The van der Waals surface area contributed by atoms with E-state index in [9.17, 15) is 18.3 Å². The number of aliphatic carboxylic acids is 1. The van der Waals surface area contributed by atoms with Gasteiger partial charge in [-0.2, -0.15) is 0 Å². The lowest BCUT2D eigenvalue weighted by Crippen LogP contribution is -2.43. The Bertz CT molecular complexity index is 590. The van der Waals surface area contributed by atoms with Gasteiger partial charge in [0.15, 0.2) is 9.84 Å². The van der Waals surface area contributed by atoms with Crippen LogP contribution in [-0.4, -0.2) is 19.1 Å². The summed E-state index contributed by atoms with van der Waals surface area (Å²) in [6, 6.07) is 3.72. The Morgan fingerprint density at radius 2 is 1.82 bits per heavy atom. The number of hydrogen-bond donors (Lipinski definition) is 0. The summed E-state index contributed by atoms with van der Waals surface area (Å²) in [5.74, 6) is -1.57. The zero-order chi connectivity index (χ0) is 12.8. The fourth-order valence-electron chi connectivity index (χ4n) is 1.57. The molecule has 0 unspecified atom stereocenters. The van der Waals surface area contributed by atoms with Crippen molar-refractivity contribution in [3.63, 3.8) is 0 Å². The molecule has 2 rings (SSSR count). The van der Waals surface area contributed by atoms with Gasteiger partial charge in [0, 0.05) is 0 Å². The van der Waals surface area contributed by atoms with Crippen LogP contribution in [0.2, 0.25) is 10.0 Å². The molecule has 1 aromatic rings. The highest BCUT2D eigenvalue weighted by atomic mass is 35.5. The van der Waals surface area contributed by atoms with Crippen LogP contribution in [0.1, 0.15) is 12.8 Å². The molecule has 1 saturated carbocycles. The van der Waals surface area contributed by atoms with Crippen LogP contribution in [0.5, 0.6) is 0 Å². The maximum atomic E-state index is 12.1. The number of benzene rings is 1. The SMILES string of the molecule is O=C([O-])C1(S(=O)(=O)c2ccc(Cl)c(Cl)c2)CC1. The molecule has 1 aliphatic rings. The summed E-state index contributed by atoms with van der Waals surface area (Å²) in [5, 5.41) is 11.2. The van der Waals surface area contributed by atoms with Crippen molar-refractivity contribution in [1.82, 2.24) is 0 Å². The lowest BCUT2D eigenvalue weighted by atomic mass is 10.4. The van der Waals surface area contributed by atoms with Crippen LogP contribution in [0.15, 0.2) is 23.1 Å². The predicted molar refractivity (Wildman–Crippen MR) is 60.6 cm³/mol. The Kier molecular flexibility index (Phi) is 2.88. The number of carboxylic acid groups (broad SMARTS) is 1. The van der Waals surface area contributed by atoms with E-state index in [4.69, 9.17) is 23.2 Å². The van der Waals surface area contributed by atoms with Gasteiger partial charge >= 0.3 is 0 Å². The molecule has 0 amide bonds. The quantitative estimate of drug-likeness (QED) is 0.835. The third-order valence-electron chi connectivity index (χ3n) is 2.79. The standard InChI is InChI=1S/C10H8Cl2O4S/c11-7-2-1-6(5-8(7)12)17(15,16)10(3-4-10)9(13)14/h1-2,5H,3-4H2,(H,13,14)/p-1. The second-order valence-electron chi connectivity index (χ2n) is 3.86. The lowest BCUT2D eigenvalue weighted by Gasteiger charge is -2.17. The molecule has 1 aliphatic carbocycles. The first-order valence-corrected chi connectivity index (χ1v) is 6.96. The molecule has 1 fully saturated rings. The summed E-state index contributed by atoms with van der Waals surface area (Å²) >= 11 is 11.4. The van der Waals surface area contributed by atoms with Gasteiger partial charge < -0.3 is 9.90 Å². The van der Waals surface area contributed by atoms with E-state index < -0.39 is 20.6 Å². The van der Waals surface area contributed by atoms with Gasteiger partial charge in [-0.15, -0.1) is 0 Å². The fourth-order valence-corrected chi connectivity index (χ4v) is 3.76. The highest BCUT2D eigenvalue weighted by Crippen LogP contribution is 2.46. The van der Waals surface area contributed by atoms with Crippen LogP contribution in [-0.2, 0) is 14.6 Å². The molecule has 0 aliphatic heterocycles. The van der Waals surface area contributed by atoms with Crippen LogP contribution in [0.25, 0.3) is 0 Å². The van der Waals surface area contributed by atoms with Crippen LogP contribution < -0.4 is 5.11 Å². The molecule has 1 aromatic carbocycles. The average Bonchev–Trinajstić information content (AvgIpc) is 3.02. The summed E-state index contributed by atoms with van der Waals surface area (Å²) in [6.07, 6.45) is 0.135. The van der Waals surface area contributed by atoms with E-state index in [1.54, 1.807) is 0 Å². The fraction of sp³-hybridized carbons (Fsp3) is 0.300. The van der Waals surface area contributed by atoms with Crippen molar-refractivity contribution >= 4 is 39.0 Å². The minimum Gasteiger partial charge on any atom is -0.548 e. The number of halogens is 2. The first-order valence-electron chi connectivity index (χ1n) is 4.72. The molecule has 0 atom stereocenters. The van der Waals surface area contributed by atoms with Crippen molar-refractivity contribution in [2.75, 3.05) is 0 Å². The zero-order valence-electron chi connectivity index (χ0n) is 8.44. The van der Waals surface area contributed by atoms with Crippen LogP contribution >= 0.6 is 23.2 Å². The second-order valence-corrected chi connectivity index (χ2v) is 6.94. The minimum absolute atomic E-state index is 0.0674. The Hall–Kier alpha value is -0.780. The smallest absolute Gasteiger partial charge is 0.189 e. The van der Waals surface area contributed by atoms with Crippen molar-refractivity contribution in [2.45, 2.75) is 22.5 Å². The maximum Gasteiger partial charge on any atom is 0.189 e. The normalized spacial score (nSPS) is 17.8. The summed E-state index contributed by atoms with van der Waals surface area (Å²) in [7, 11) is -3.97. The van der Waals surface area contributed by atoms with E-state index in [0.717, 1.165) is 6.07 Å². The molecular weight excluding hydrogens is 287 g/mol. The largest absolute Gasteiger partial charge is 0.548 e. The van der Waals surface area contributed by atoms with Crippen molar-refractivity contribution in [3.05, 3.63) is 28.2 Å². The summed E-state index contributed by atoms with van der Waals surface area (Å²) in [5.41, 5.74) is 0. The predicted octanol–water partition coefficient (Wildman–Crippen LogP) is 1.05. The Labute approximate surface area is 108 Å². The number of carbonyl (C=O) groups is 1. The van der Waals surface area contributed by atoms with Crippen LogP contribution in [0, 0.1) is 0 Å². The number of rotatable bonds is 3. The molecule has 0 radical (unpaired) electrons. The van der Waals surface area contributed by atoms with Gasteiger partial charge in [-0.05, 0) is 31.0 Å². The Morgan fingerprint density at radius 3 is 2.24 bits per heavy atom. The number of sulfone groups is 1. The van der Waals surface area contributed by atoms with Gasteiger partial charge in [0.05, 0.1) is 20.9 Å². The third-order valence-corrected chi connectivity index (χ3v) is 6.01. The van der Waals surface area contributed by atoms with Crippen molar-refractivity contribution < 1.29 is 18.3 Å². The molecule has 7 heteroatoms. The number of carboxylic acids is 1. The third kappa shape index (κ3) is 1.82. The van der Waals surface area contributed by atoms with Crippen LogP contribution in [0.4, 0.5) is 0 Å². The average molecular weight is 294 g/mol. The summed E-state index contributed by atoms with van der Waals surface area (Å²) in [4.78, 5) is 10.8. The highest BCUT2D eigenvalue weighted by molar-refractivity contribution is 7.94. The molecule has 0 N–H and O–H groups in total. The van der Waals surface area contributed by atoms with E-state index in [0.29, 0.717) is 0 Å². The van der Waals surface area contributed by atoms with E-state index in [1.165, 1.54) is 12.1 Å². The maximum absolute atomic E-state index is 12.1. The minimum atomic E-state index is -3.97. The van der Waals surface area contributed by atoms with E-state index in [2.05, 4.69) is 0 Å². The molecule has 0 heterocycles. The molecule has 4 nitrogen and oxygen atoms in total. The lowest BCUT2D eigenvalue weighted by molar-refractivity contribution is -0.306. The van der Waals surface area contributed by atoms with Gasteiger partial charge in [0.25, 0.3) is 0 Å². The molecule has 17 heavy (non-hydrogen) atoms. The Morgan fingerprint density at radius 1 is 1.24 bits per heavy atom. The van der Waals surface area contributed by atoms with Gasteiger partial charge in [0.2, 0.25) is 0 Å². The summed E-state index contributed by atoms with van der Waals surface area (Å²) < 4.78 is 22.4. The van der Waals surface area contributed by atoms with Gasteiger partial charge in [-0.25, -0.2) is 8.42 Å². The topological polar surface area (TPSA) is 74.3 Å². The monoisotopic (exact) mass is 293 g/mol. The number of hydrogen-bond acceptors (Lipinski definition) is 4. The second kappa shape index (κ2) is 3.86. The highest BCUT2D eigenvalue weighted by Gasteiger charge is 2.56. The van der Waals surface area contributed by atoms with E-state index >= 15 is 0 Å². The summed E-state index contributed by atoms with van der Waals surface area (Å²) in [6.45, 7) is 0. The molecule has 0 spiro atoms. The molecule has 92 valence electrons. The van der Waals surface area contributed by atoms with Gasteiger partial charge in [-0.3, -0.25) is 0 Å². The Balaban J connectivity index is 2.53. The first-order chi connectivity index (χ1) is 7.81. The van der Waals surface area contributed by atoms with Gasteiger partial charge in [-0.1, -0.05) is 23.2 Å². The molecule has 0 bridgehead atoms. The van der Waals surface area contributed by atoms with Crippen molar-refractivity contribution in [3.8, 4) is 0 Å². The molecule has 0 aromatic heterocycles.